The van der Waals surface area contributed by atoms with Gasteiger partial charge in [0.1, 0.15) is 0 Å². The first kappa shape index (κ1) is 16.2. The van der Waals surface area contributed by atoms with Gasteiger partial charge in [-0.15, -0.1) is 0 Å². The normalized spacial score (nSPS) is 14.8. The van der Waals surface area contributed by atoms with E-state index in [9.17, 15) is 0 Å². The smallest absolute Gasteiger partial charge is 0.258 e. The van der Waals surface area contributed by atoms with Crippen LogP contribution in [0.4, 0.5) is 0 Å². The monoisotopic (exact) mass is 315 g/mol. The van der Waals surface area contributed by atoms with Crippen molar-refractivity contribution in [3.63, 3.8) is 0 Å². The summed E-state index contributed by atoms with van der Waals surface area (Å²) in [6, 6.07) is 21.5. The lowest BCUT2D eigenvalue weighted by atomic mass is 9.80. The van der Waals surface area contributed by atoms with Crippen LogP contribution in [-0.2, 0) is 4.42 Å². The predicted molar refractivity (Wildman–Crippen MR) is 101 cm³/mol. The highest BCUT2D eigenvalue weighted by Crippen LogP contribution is 2.33. The van der Waals surface area contributed by atoms with E-state index in [1.807, 2.05) is 12.2 Å². The Hall–Kier alpha value is -2.67. The Bertz CT molecular complexity index is 722. The summed E-state index contributed by atoms with van der Waals surface area (Å²) in [7, 11) is 1.70. The third-order valence-electron chi connectivity index (χ3n) is 4.41. The van der Waals surface area contributed by atoms with Crippen molar-refractivity contribution in [2.45, 2.75) is 12.8 Å². The minimum atomic E-state index is 0.342. The molecule has 0 amide bonds. The van der Waals surface area contributed by atoms with E-state index in [0.717, 1.165) is 5.78 Å². The number of carbonyl (C=O) groups excluding carboxylic acids is 1. The average molecular weight is 315 g/mol. The van der Waals surface area contributed by atoms with Crippen molar-refractivity contribution in [1.29, 1.82) is 0 Å². The van der Waals surface area contributed by atoms with Crippen molar-refractivity contribution in [3.05, 3.63) is 108 Å². The molecule has 0 spiro atoms. The summed E-state index contributed by atoms with van der Waals surface area (Å²) in [6.45, 7) is 2.29. The van der Waals surface area contributed by atoms with E-state index >= 15 is 0 Å². The highest BCUT2D eigenvalue weighted by atomic mass is 16.4. The zero-order chi connectivity index (χ0) is 16.8. The standard InChI is InChI=1S/C23H23O/c1-18(17-19-13-15-22(24-2)16-14-19)23(20-9-5-3-6-10-20)21-11-7-4-8-12-21/h3-18,23H,1-2H3/q+1. The second-order valence-electron chi connectivity index (χ2n) is 6.10. The Kier molecular flexibility index (Phi) is 5.22. The Balaban J connectivity index is 1.93. The van der Waals surface area contributed by atoms with Crippen LogP contribution in [0.1, 0.15) is 24.0 Å². The third-order valence-corrected chi connectivity index (χ3v) is 4.41. The molecule has 0 aromatic heterocycles. The van der Waals surface area contributed by atoms with Crippen LogP contribution < -0.4 is 0 Å². The van der Waals surface area contributed by atoms with Gasteiger partial charge in [0.15, 0.2) is 0 Å². The molecule has 1 aliphatic rings. The van der Waals surface area contributed by atoms with Crippen molar-refractivity contribution in [2.75, 3.05) is 7.11 Å². The molecule has 1 unspecified atom stereocenters. The molecule has 1 aliphatic carbocycles. The second kappa shape index (κ2) is 7.74. The summed E-state index contributed by atoms with van der Waals surface area (Å²) >= 11 is 0. The summed E-state index contributed by atoms with van der Waals surface area (Å²) in [4.78, 5) is 0. The molecule has 0 N–H and O–H groups in total. The fraction of sp³-hybridized carbons (Fsp3) is 0.174. The summed E-state index contributed by atoms with van der Waals surface area (Å²) < 4.78 is 5.25. The molecule has 0 saturated heterocycles. The maximum Gasteiger partial charge on any atom is 0.343 e. The average Bonchev–Trinajstić information content (AvgIpc) is 2.64. The third kappa shape index (κ3) is 3.80. The quantitative estimate of drug-likeness (QED) is 0.683. The van der Waals surface area contributed by atoms with Crippen molar-refractivity contribution >= 4 is 5.78 Å². The summed E-state index contributed by atoms with van der Waals surface area (Å²) in [5.41, 5.74) is 3.92. The lowest BCUT2D eigenvalue weighted by Gasteiger charge is -2.23. The molecule has 0 bridgehead atoms. The van der Waals surface area contributed by atoms with Gasteiger partial charge in [0.05, 0.1) is 0 Å². The molecule has 2 aromatic rings. The van der Waals surface area contributed by atoms with E-state index in [-0.39, 0.29) is 0 Å². The molecule has 1 heteroatoms. The van der Waals surface area contributed by atoms with Gasteiger partial charge in [0.25, 0.3) is 7.11 Å². The highest BCUT2D eigenvalue weighted by molar-refractivity contribution is 6.01. The van der Waals surface area contributed by atoms with Gasteiger partial charge in [-0.05, 0) is 34.8 Å². The van der Waals surface area contributed by atoms with Gasteiger partial charge in [-0.25, -0.2) is 0 Å². The molecule has 0 radical (unpaired) electrons. The van der Waals surface area contributed by atoms with E-state index in [1.165, 1.54) is 16.7 Å². The van der Waals surface area contributed by atoms with Crippen LogP contribution in [0, 0.1) is 5.92 Å². The van der Waals surface area contributed by atoms with Crippen LogP contribution in [0.25, 0.3) is 0 Å². The maximum atomic E-state index is 5.25. The molecule has 1 nitrogen and oxygen atoms in total. The van der Waals surface area contributed by atoms with Gasteiger partial charge < -0.3 is 0 Å². The zero-order valence-corrected chi connectivity index (χ0v) is 14.2. The molecule has 2 aromatic carbocycles. The van der Waals surface area contributed by atoms with Gasteiger partial charge in [-0.3, -0.25) is 4.42 Å². The molecule has 24 heavy (non-hydrogen) atoms. The van der Waals surface area contributed by atoms with E-state index < -0.39 is 0 Å². The van der Waals surface area contributed by atoms with Gasteiger partial charge in [0.2, 0.25) is 0 Å². The predicted octanol–water partition coefficient (Wildman–Crippen LogP) is 5.24. The topological polar surface area (TPSA) is 11.3 Å². The zero-order valence-electron chi connectivity index (χ0n) is 14.2. The van der Waals surface area contributed by atoms with Crippen molar-refractivity contribution in [3.8, 4) is 0 Å². The van der Waals surface area contributed by atoms with Crippen LogP contribution >= 0.6 is 0 Å². The van der Waals surface area contributed by atoms with E-state index in [4.69, 9.17) is 4.42 Å². The highest BCUT2D eigenvalue weighted by Gasteiger charge is 2.20. The molecular weight excluding hydrogens is 292 g/mol. The Labute approximate surface area is 144 Å². The van der Waals surface area contributed by atoms with Crippen molar-refractivity contribution < 1.29 is 4.42 Å². The van der Waals surface area contributed by atoms with E-state index in [2.05, 4.69) is 85.8 Å². The molecule has 0 aliphatic heterocycles. The van der Waals surface area contributed by atoms with Crippen molar-refractivity contribution in [1.82, 2.24) is 0 Å². The van der Waals surface area contributed by atoms with Gasteiger partial charge >= 0.3 is 5.78 Å². The van der Waals surface area contributed by atoms with Gasteiger partial charge in [-0.1, -0.05) is 73.7 Å². The SMILES string of the molecule is C[O+]=C1C=CC(=CC(C)C(c2ccccc2)c2ccccc2)C=C1. The summed E-state index contributed by atoms with van der Waals surface area (Å²) in [5, 5.41) is 0. The van der Waals surface area contributed by atoms with Crippen LogP contribution in [0.5, 0.6) is 0 Å². The van der Waals surface area contributed by atoms with E-state index in [1.54, 1.807) is 7.11 Å². The second-order valence-corrected chi connectivity index (χ2v) is 6.10. The van der Waals surface area contributed by atoms with Gasteiger partial charge in [-0.2, -0.15) is 0 Å². The number of allylic oxidation sites excluding steroid dienone is 6. The molecule has 0 heterocycles. The number of rotatable bonds is 4. The lowest BCUT2D eigenvalue weighted by Crippen LogP contribution is -2.10. The van der Waals surface area contributed by atoms with Crippen molar-refractivity contribution in [2.24, 2.45) is 5.92 Å². The molecule has 1 atom stereocenters. The molecule has 0 fully saturated rings. The number of hydrogen-bond acceptors (Lipinski definition) is 0. The largest absolute Gasteiger partial charge is 0.343 e. The molecule has 120 valence electrons. The number of ketones is 1. The number of hydrogen-bond donors (Lipinski definition) is 0. The van der Waals surface area contributed by atoms with Crippen LogP contribution in [-0.4, -0.2) is 12.9 Å². The Morgan fingerprint density at radius 2 is 1.25 bits per heavy atom. The fourth-order valence-corrected chi connectivity index (χ4v) is 3.24. The van der Waals surface area contributed by atoms with Crippen LogP contribution in [0.3, 0.4) is 0 Å². The van der Waals surface area contributed by atoms with E-state index in [0.29, 0.717) is 11.8 Å². The van der Waals surface area contributed by atoms with Crippen LogP contribution in [0.15, 0.2) is 96.6 Å². The number of benzene rings is 2. The minimum absolute atomic E-state index is 0.342. The molecule has 3 rings (SSSR count). The minimum Gasteiger partial charge on any atom is -0.258 e. The molecular formula is C23H23O+. The Morgan fingerprint density at radius 1 is 0.750 bits per heavy atom. The fourth-order valence-electron chi connectivity index (χ4n) is 3.24. The molecule has 0 saturated carbocycles. The van der Waals surface area contributed by atoms with Gasteiger partial charge in [0, 0.05) is 18.1 Å². The first-order valence-electron chi connectivity index (χ1n) is 8.37. The maximum absolute atomic E-state index is 5.25. The summed E-state index contributed by atoms with van der Waals surface area (Å²) in [5.74, 6) is 1.61. The Morgan fingerprint density at radius 3 is 1.71 bits per heavy atom. The van der Waals surface area contributed by atoms with Crippen LogP contribution in [0.2, 0.25) is 0 Å². The summed E-state index contributed by atoms with van der Waals surface area (Å²) in [6.07, 6.45) is 10.6. The first-order chi connectivity index (χ1) is 11.8. The first-order valence-corrected chi connectivity index (χ1v) is 8.37. The lowest BCUT2D eigenvalue weighted by molar-refractivity contribution is -0.417.